The van der Waals surface area contributed by atoms with Crippen LogP contribution in [0.3, 0.4) is 0 Å². The second-order valence-corrected chi connectivity index (χ2v) is 4.13. The predicted molar refractivity (Wildman–Crippen MR) is 57.2 cm³/mol. The molecule has 5 heteroatoms. The Bertz CT molecular complexity index is 233. The van der Waals surface area contributed by atoms with Gasteiger partial charge < -0.3 is 15.3 Å². The molecule has 2 N–H and O–H groups in total. The van der Waals surface area contributed by atoms with E-state index in [-0.39, 0.29) is 24.9 Å². The number of nitrogens with one attached hydrogen (secondary N) is 1. The van der Waals surface area contributed by atoms with Crippen molar-refractivity contribution in [2.45, 2.75) is 33.3 Å². The van der Waals surface area contributed by atoms with Crippen molar-refractivity contribution in [3.63, 3.8) is 0 Å². The Labute approximate surface area is 90.5 Å². The number of hydrogen-bond acceptors (Lipinski definition) is 3. The summed E-state index contributed by atoms with van der Waals surface area (Å²) in [7, 11) is 0. The molecule has 0 heterocycles. The summed E-state index contributed by atoms with van der Waals surface area (Å²) in [6, 6.07) is 0. The molecular formula is C10H20N2O3. The van der Waals surface area contributed by atoms with E-state index in [2.05, 4.69) is 5.32 Å². The molecule has 15 heavy (non-hydrogen) atoms. The van der Waals surface area contributed by atoms with Gasteiger partial charge in [0.05, 0.1) is 12.1 Å². The number of amides is 2. The molecule has 0 saturated carbocycles. The third-order valence-electron chi connectivity index (χ3n) is 1.80. The maximum Gasteiger partial charge on any atom is 0.242 e. The molecule has 0 atom stereocenters. The molecule has 0 aliphatic carbocycles. The molecule has 0 rings (SSSR count). The van der Waals surface area contributed by atoms with Crippen LogP contribution < -0.4 is 5.32 Å². The first-order chi connectivity index (χ1) is 6.76. The van der Waals surface area contributed by atoms with Gasteiger partial charge in [-0.2, -0.15) is 0 Å². The van der Waals surface area contributed by atoms with Crippen LogP contribution in [0, 0.1) is 0 Å². The summed E-state index contributed by atoms with van der Waals surface area (Å²) >= 11 is 0. The van der Waals surface area contributed by atoms with E-state index in [0.29, 0.717) is 6.54 Å². The zero-order valence-corrected chi connectivity index (χ0v) is 9.83. The van der Waals surface area contributed by atoms with Crippen LogP contribution in [0.2, 0.25) is 0 Å². The number of likely N-dealkylation sites (N-methyl/N-ethyl adjacent to an activating group) is 1. The Morgan fingerprint density at radius 3 is 2.27 bits per heavy atom. The molecule has 0 aliphatic rings. The van der Waals surface area contributed by atoms with Crippen LogP contribution in [0.5, 0.6) is 0 Å². The van der Waals surface area contributed by atoms with Crippen LogP contribution in [0.15, 0.2) is 0 Å². The Hall–Kier alpha value is -1.10. The fraction of sp³-hybridized carbons (Fsp3) is 0.800. The number of aliphatic hydroxyl groups is 1. The molecule has 0 bridgehead atoms. The molecule has 0 aromatic heterocycles. The highest BCUT2D eigenvalue weighted by atomic mass is 16.3. The third kappa shape index (κ3) is 6.90. The molecule has 0 aromatic carbocycles. The smallest absolute Gasteiger partial charge is 0.242 e. The summed E-state index contributed by atoms with van der Waals surface area (Å²) in [6.07, 6.45) is 0. The van der Waals surface area contributed by atoms with E-state index in [1.807, 2.05) is 6.92 Å². The topological polar surface area (TPSA) is 69.6 Å². The molecule has 0 saturated heterocycles. The van der Waals surface area contributed by atoms with E-state index in [1.54, 1.807) is 13.8 Å². The van der Waals surface area contributed by atoms with E-state index < -0.39 is 5.60 Å². The molecule has 0 radical (unpaired) electrons. The lowest BCUT2D eigenvalue weighted by Gasteiger charge is -2.28. The van der Waals surface area contributed by atoms with Crippen LogP contribution in [-0.2, 0) is 9.59 Å². The quantitative estimate of drug-likeness (QED) is 0.665. The van der Waals surface area contributed by atoms with Gasteiger partial charge in [0.1, 0.15) is 0 Å². The number of nitrogens with zero attached hydrogens (tertiary/aromatic N) is 1. The van der Waals surface area contributed by atoms with Crippen molar-refractivity contribution in [1.29, 1.82) is 0 Å². The number of carbonyl (C=O) groups excluding carboxylic acids is 2. The van der Waals surface area contributed by atoms with Crippen molar-refractivity contribution in [2.24, 2.45) is 0 Å². The minimum Gasteiger partial charge on any atom is -0.389 e. The molecule has 88 valence electrons. The van der Waals surface area contributed by atoms with Crippen molar-refractivity contribution >= 4 is 11.8 Å². The molecule has 5 nitrogen and oxygen atoms in total. The van der Waals surface area contributed by atoms with Crippen molar-refractivity contribution in [2.75, 3.05) is 19.6 Å². The second-order valence-electron chi connectivity index (χ2n) is 4.13. The van der Waals surface area contributed by atoms with Crippen LogP contribution in [0.25, 0.3) is 0 Å². The minimum atomic E-state index is -0.915. The molecule has 0 spiro atoms. The molecule has 0 aromatic rings. The highest BCUT2D eigenvalue weighted by Gasteiger charge is 2.20. The first-order valence-electron chi connectivity index (χ1n) is 5.01. The summed E-state index contributed by atoms with van der Waals surface area (Å²) in [5, 5.41) is 12.0. The normalized spacial score (nSPS) is 11.0. The lowest BCUT2D eigenvalue weighted by molar-refractivity contribution is -0.134. The molecular weight excluding hydrogens is 196 g/mol. The van der Waals surface area contributed by atoms with Gasteiger partial charge in [0.25, 0.3) is 0 Å². The van der Waals surface area contributed by atoms with Crippen molar-refractivity contribution in [3.8, 4) is 0 Å². The Morgan fingerprint density at radius 1 is 1.40 bits per heavy atom. The van der Waals surface area contributed by atoms with Gasteiger partial charge in [0.15, 0.2) is 0 Å². The van der Waals surface area contributed by atoms with Gasteiger partial charge in [0.2, 0.25) is 11.8 Å². The fourth-order valence-electron chi connectivity index (χ4n) is 1.16. The summed E-state index contributed by atoms with van der Waals surface area (Å²) < 4.78 is 0. The van der Waals surface area contributed by atoms with Crippen LogP contribution in [0.4, 0.5) is 0 Å². The first-order valence-corrected chi connectivity index (χ1v) is 5.01. The predicted octanol–water partition coefficient (Wildman–Crippen LogP) is -0.258. The van der Waals surface area contributed by atoms with Gasteiger partial charge in [-0.05, 0) is 20.8 Å². The van der Waals surface area contributed by atoms with E-state index in [4.69, 9.17) is 0 Å². The molecule has 0 aliphatic heterocycles. The maximum absolute atomic E-state index is 11.6. The maximum atomic E-state index is 11.6. The molecule has 0 unspecified atom stereocenters. The highest BCUT2D eigenvalue weighted by molar-refractivity contribution is 5.83. The zero-order valence-electron chi connectivity index (χ0n) is 9.83. The average molecular weight is 216 g/mol. The standard InChI is InChI=1S/C10H20N2O3/c1-5-12(7-10(3,4)15)9(14)6-11-8(2)13/h15H,5-7H2,1-4H3,(H,11,13). The van der Waals surface area contributed by atoms with Crippen LogP contribution >= 0.6 is 0 Å². The van der Waals surface area contributed by atoms with Crippen LogP contribution in [0.1, 0.15) is 27.7 Å². The van der Waals surface area contributed by atoms with E-state index in [0.717, 1.165) is 0 Å². The Morgan fingerprint density at radius 2 is 1.93 bits per heavy atom. The summed E-state index contributed by atoms with van der Waals surface area (Å²) in [4.78, 5) is 23.7. The molecule has 2 amide bonds. The highest BCUT2D eigenvalue weighted by Crippen LogP contribution is 2.04. The first kappa shape index (κ1) is 13.9. The van der Waals surface area contributed by atoms with Crippen molar-refractivity contribution in [3.05, 3.63) is 0 Å². The Balaban J connectivity index is 4.17. The van der Waals surface area contributed by atoms with Gasteiger partial charge in [-0.15, -0.1) is 0 Å². The monoisotopic (exact) mass is 216 g/mol. The minimum absolute atomic E-state index is 0.0146. The average Bonchev–Trinajstić information content (AvgIpc) is 2.08. The van der Waals surface area contributed by atoms with E-state index in [9.17, 15) is 14.7 Å². The molecule has 0 fully saturated rings. The fourth-order valence-corrected chi connectivity index (χ4v) is 1.16. The van der Waals surface area contributed by atoms with E-state index >= 15 is 0 Å². The van der Waals surface area contributed by atoms with Gasteiger partial charge in [-0.25, -0.2) is 0 Å². The van der Waals surface area contributed by atoms with Gasteiger partial charge in [0, 0.05) is 20.0 Å². The lowest BCUT2D eigenvalue weighted by atomic mass is 10.1. The van der Waals surface area contributed by atoms with Gasteiger partial charge in [-0.1, -0.05) is 0 Å². The Kier molecular flexibility index (Phi) is 5.28. The summed E-state index contributed by atoms with van der Waals surface area (Å²) in [6.45, 7) is 7.24. The number of hydrogen-bond donors (Lipinski definition) is 2. The zero-order chi connectivity index (χ0) is 12.1. The second kappa shape index (κ2) is 5.70. The van der Waals surface area contributed by atoms with Crippen molar-refractivity contribution in [1.82, 2.24) is 10.2 Å². The number of rotatable bonds is 5. The van der Waals surface area contributed by atoms with Gasteiger partial charge in [-0.3, -0.25) is 9.59 Å². The van der Waals surface area contributed by atoms with Gasteiger partial charge >= 0.3 is 0 Å². The SMILES string of the molecule is CCN(CC(C)(C)O)C(=O)CNC(C)=O. The largest absolute Gasteiger partial charge is 0.389 e. The van der Waals surface area contributed by atoms with Crippen LogP contribution in [-0.4, -0.2) is 47.1 Å². The summed E-state index contributed by atoms with van der Waals surface area (Å²) in [5.41, 5.74) is -0.915. The van der Waals surface area contributed by atoms with E-state index in [1.165, 1.54) is 11.8 Å². The number of carbonyl (C=O) groups is 2. The lowest BCUT2D eigenvalue weighted by Crippen LogP contribution is -2.46. The summed E-state index contributed by atoms with van der Waals surface area (Å²) in [5.74, 6) is -0.419. The third-order valence-corrected chi connectivity index (χ3v) is 1.80. The van der Waals surface area contributed by atoms with Crippen molar-refractivity contribution < 1.29 is 14.7 Å².